The fourth-order valence-corrected chi connectivity index (χ4v) is 4.55. The fourth-order valence-electron chi connectivity index (χ4n) is 4.55. The molecular weight excluding hydrogens is 316 g/mol. The van der Waals surface area contributed by atoms with Crippen molar-refractivity contribution in [3.05, 3.63) is 48.7 Å². The molecule has 1 aromatic carbocycles. The number of pyridine rings is 1. The van der Waals surface area contributed by atoms with Crippen LogP contribution in [0, 0.1) is 11.8 Å². The maximum absolute atomic E-state index is 9.77. The average Bonchev–Trinajstić information content (AvgIpc) is 2.68. The summed E-state index contributed by atoms with van der Waals surface area (Å²) in [4.78, 5) is 11.9. The minimum Gasteiger partial charge on any atom is -0.497 e. The summed E-state index contributed by atoms with van der Waals surface area (Å²) in [6.07, 6.45) is 5.66. The minimum absolute atomic E-state index is 0.164. The summed E-state index contributed by atoms with van der Waals surface area (Å²) in [5.74, 6) is 1.93. The summed E-state index contributed by atoms with van der Waals surface area (Å²) in [5, 5.41) is 10.7. The Kier molecular flexibility index (Phi) is 4.46. The van der Waals surface area contributed by atoms with E-state index in [2.05, 4.69) is 22.5 Å². The number of methoxy groups -OCH3 is 1. The predicted molar refractivity (Wildman–Crippen MR) is 96.5 cm³/mol. The molecule has 5 rings (SSSR count). The molecule has 5 heteroatoms. The molecule has 3 aliphatic heterocycles. The molecule has 4 heterocycles. The van der Waals surface area contributed by atoms with E-state index < -0.39 is 6.10 Å². The van der Waals surface area contributed by atoms with Crippen molar-refractivity contribution in [3.63, 3.8) is 0 Å². The molecule has 3 saturated heterocycles. The van der Waals surface area contributed by atoms with Crippen LogP contribution in [0.15, 0.2) is 43.1 Å². The van der Waals surface area contributed by atoms with Gasteiger partial charge in [-0.05, 0) is 61.1 Å². The quantitative estimate of drug-likeness (QED) is 0.511. The maximum Gasteiger partial charge on any atom is 0.134 e. The number of rotatable bonds is 5. The van der Waals surface area contributed by atoms with Gasteiger partial charge in [0, 0.05) is 24.2 Å². The summed E-state index contributed by atoms with van der Waals surface area (Å²) in [5.41, 5.74) is 1.83. The first-order chi connectivity index (χ1) is 12.2. The SMILES string of the molecule is C=C[C@@H]1CN2CC[C@@H]1C[C@@H]2[C@@H](OO)c1ccnc2ccc(OC)cc12. The monoisotopic (exact) mass is 340 g/mol. The van der Waals surface area contributed by atoms with Crippen LogP contribution in [0.4, 0.5) is 0 Å². The molecule has 1 N–H and O–H groups in total. The van der Waals surface area contributed by atoms with E-state index >= 15 is 0 Å². The zero-order valence-corrected chi connectivity index (χ0v) is 14.5. The van der Waals surface area contributed by atoms with Gasteiger partial charge >= 0.3 is 0 Å². The van der Waals surface area contributed by atoms with E-state index in [1.165, 1.54) is 6.42 Å². The van der Waals surface area contributed by atoms with Crippen molar-refractivity contribution in [2.45, 2.75) is 25.0 Å². The third-order valence-corrected chi connectivity index (χ3v) is 5.91. The van der Waals surface area contributed by atoms with Crippen molar-refractivity contribution in [2.24, 2.45) is 11.8 Å². The molecule has 0 aliphatic carbocycles. The van der Waals surface area contributed by atoms with Gasteiger partial charge in [-0.1, -0.05) is 6.08 Å². The van der Waals surface area contributed by atoms with Crippen LogP contribution in [0.2, 0.25) is 0 Å². The largest absolute Gasteiger partial charge is 0.497 e. The summed E-state index contributed by atoms with van der Waals surface area (Å²) in [6, 6.07) is 7.91. The highest BCUT2D eigenvalue weighted by Crippen LogP contribution is 2.43. The molecule has 25 heavy (non-hydrogen) atoms. The second-order valence-electron chi connectivity index (χ2n) is 7.06. The molecule has 3 fully saturated rings. The van der Waals surface area contributed by atoms with E-state index in [1.807, 2.05) is 24.3 Å². The van der Waals surface area contributed by atoms with Gasteiger partial charge in [0.05, 0.1) is 12.6 Å². The van der Waals surface area contributed by atoms with Crippen molar-refractivity contribution in [1.29, 1.82) is 0 Å². The van der Waals surface area contributed by atoms with Gasteiger partial charge < -0.3 is 4.74 Å². The number of aromatic nitrogens is 1. The average molecular weight is 340 g/mol. The number of piperidine rings is 3. The van der Waals surface area contributed by atoms with Gasteiger partial charge in [0.15, 0.2) is 0 Å². The van der Waals surface area contributed by atoms with E-state index in [9.17, 15) is 5.26 Å². The number of nitrogens with zero attached hydrogens (tertiary/aromatic N) is 2. The first-order valence-corrected chi connectivity index (χ1v) is 8.84. The highest BCUT2D eigenvalue weighted by molar-refractivity contribution is 5.84. The molecule has 1 aromatic heterocycles. The molecule has 2 bridgehead atoms. The van der Waals surface area contributed by atoms with Gasteiger partial charge in [0.1, 0.15) is 11.9 Å². The second kappa shape index (κ2) is 6.75. The molecule has 132 valence electrons. The molecule has 0 radical (unpaired) electrons. The Morgan fingerprint density at radius 2 is 2.28 bits per heavy atom. The summed E-state index contributed by atoms with van der Waals surface area (Å²) < 4.78 is 5.36. The van der Waals surface area contributed by atoms with Gasteiger partial charge in [0.25, 0.3) is 0 Å². The lowest BCUT2D eigenvalue weighted by atomic mass is 9.73. The molecule has 0 amide bonds. The Hall–Kier alpha value is -1.95. The molecule has 0 saturated carbocycles. The third kappa shape index (κ3) is 2.82. The molecule has 5 nitrogen and oxygen atoms in total. The second-order valence-corrected chi connectivity index (χ2v) is 7.06. The van der Waals surface area contributed by atoms with Crippen LogP contribution in [0.1, 0.15) is 24.5 Å². The molecule has 0 spiro atoms. The topological polar surface area (TPSA) is 54.8 Å². The van der Waals surface area contributed by atoms with Crippen LogP contribution < -0.4 is 4.74 Å². The molecule has 5 atom stereocenters. The lowest BCUT2D eigenvalue weighted by Crippen LogP contribution is -2.55. The third-order valence-electron chi connectivity index (χ3n) is 5.91. The molecular formula is C20H24N2O3. The van der Waals surface area contributed by atoms with Crippen LogP contribution >= 0.6 is 0 Å². The molecule has 3 aliphatic rings. The standard InChI is InChI=1S/C20H24N2O3/c1-3-13-12-22-9-7-14(13)10-19(22)20(25-23)16-6-8-21-18-5-4-15(24-2)11-17(16)18/h3-6,8,11,13-14,19-20,23H,1,7,9-10,12H2,2H3/t13-,14-,19-,20+/m1/s1. The van der Waals surface area contributed by atoms with Crippen molar-refractivity contribution in [2.75, 3.05) is 20.2 Å². The van der Waals surface area contributed by atoms with Gasteiger partial charge in [0.2, 0.25) is 0 Å². The zero-order valence-electron chi connectivity index (χ0n) is 14.5. The van der Waals surface area contributed by atoms with Gasteiger partial charge in [-0.3, -0.25) is 15.1 Å². The summed E-state index contributed by atoms with van der Waals surface area (Å²) in [7, 11) is 1.65. The Labute approximate surface area is 147 Å². The normalized spacial score (nSPS) is 29.5. The Balaban J connectivity index is 1.72. The van der Waals surface area contributed by atoms with Gasteiger partial charge in [-0.25, -0.2) is 4.89 Å². The minimum atomic E-state index is -0.397. The maximum atomic E-state index is 9.77. The Morgan fingerprint density at radius 1 is 1.40 bits per heavy atom. The Morgan fingerprint density at radius 3 is 2.96 bits per heavy atom. The first-order valence-electron chi connectivity index (χ1n) is 8.84. The van der Waals surface area contributed by atoms with Crippen molar-refractivity contribution < 1.29 is 14.9 Å². The number of fused-ring (bicyclic) bond motifs is 4. The van der Waals surface area contributed by atoms with Crippen molar-refractivity contribution in [3.8, 4) is 5.75 Å². The number of benzene rings is 1. The molecule has 2 aromatic rings. The first kappa shape index (κ1) is 16.5. The van der Waals surface area contributed by atoms with Crippen LogP contribution in [-0.4, -0.2) is 41.4 Å². The van der Waals surface area contributed by atoms with Gasteiger partial charge in [-0.15, -0.1) is 6.58 Å². The lowest BCUT2D eigenvalue weighted by molar-refractivity contribution is -0.300. The predicted octanol–water partition coefficient (Wildman–Crippen LogP) is 3.67. The van der Waals surface area contributed by atoms with E-state index in [-0.39, 0.29) is 6.04 Å². The fraction of sp³-hybridized carbons (Fsp3) is 0.450. The number of hydrogen-bond acceptors (Lipinski definition) is 5. The van der Waals surface area contributed by atoms with E-state index in [1.54, 1.807) is 13.3 Å². The number of ether oxygens (including phenoxy) is 1. The summed E-state index contributed by atoms with van der Waals surface area (Å²) in [6.45, 7) is 6.02. The smallest absolute Gasteiger partial charge is 0.134 e. The lowest BCUT2D eigenvalue weighted by Gasteiger charge is -2.50. The van der Waals surface area contributed by atoms with Crippen molar-refractivity contribution >= 4 is 10.9 Å². The molecule has 1 unspecified atom stereocenters. The van der Waals surface area contributed by atoms with Crippen LogP contribution in [0.3, 0.4) is 0 Å². The van der Waals surface area contributed by atoms with Crippen LogP contribution in [0.25, 0.3) is 10.9 Å². The number of hydrogen-bond donors (Lipinski definition) is 1. The zero-order chi connectivity index (χ0) is 17.4. The van der Waals surface area contributed by atoms with E-state index in [0.29, 0.717) is 11.8 Å². The van der Waals surface area contributed by atoms with E-state index in [0.717, 1.165) is 41.7 Å². The Bertz CT molecular complexity index is 779. The van der Waals surface area contributed by atoms with Crippen molar-refractivity contribution in [1.82, 2.24) is 9.88 Å². The van der Waals surface area contributed by atoms with Crippen LogP contribution in [0.5, 0.6) is 5.75 Å². The highest BCUT2D eigenvalue weighted by Gasteiger charge is 2.43. The highest BCUT2D eigenvalue weighted by atomic mass is 17.1. The van der Waals surface area contributed by atoms with Gasteiger partial charge in [-0.2, -0.15) is 0 Å². The van der Waals surface area contributed by atoms with E-state index in [4.69, 9.17) is 9.62 Å². The summed E-state index contributed by atoms with van der Waals surface area (Å²) >= 11 is 0. The van der Waals surface area contributed by atoms with Crippen LogP contribution in [-0.2, 0) is 4.89 Å².